The van der Waals surface area contributed by atoms with Crippen LogP contribution in [0.3, 0.4) is 0 Å². The van der Waals surface area contributed by atoms with Crippen LogP contribution in [0.5, 0.6) is 0 Å². The van der Waals surface area contributed by atoms with Crippen LogP contribution in [0.15, 0.2) is 41.3 Å². The summed E-state index contributed by atoms with van der Waals surface area (Å²) < 4.78 is 52.6. The molecule has 0 saturated heterocycles. The average molecular weight is 318 g/mol. The van der Waals surface area contributed by atoms with Gasteiger partial charge in [0.2, 0.25) is 0 Å². The van der Waals surface area contributed by atoms with Crippen molar-refractivity contribution in [3.63, 3.8) is 0 Å². The zero-order chi connectivity index (χ0) is 14.9. The Bertz CT molecular complexity index is 763. The minimum atomic E-state index is -4.17. The fourth-order valence-corrected chi connectivity index (χ4v) is 3.07. The molecule has 0 heterocycles. The first-order chi connectivity index (χ1) is 9.29. The van der Waals surface area contributed by atoms with Gasteiger partial charge >= 0.3 is 0 Å². The summed E-state index contributed by atoms with van der Waals surface area (Å²) in [6.07, 6.45) is 0. The highest BCUT2D eigenvalue weighted by molar-refractivity contribution is 7.92. The van der Waals surface area contributed by atoms with Crippen molar-refractivity contribution >= 4 is 27.3 Å². The Morgan fingerprint density at radius 3 is 2.40 bits per heavy atom. The van der Waals surface area contributed by atoms with Gasteiger partial charge < -0.3 is 0 Å². The largest absolute Gasteiger partial charge is 0.278 e. The molecule has 0 radical (unpaired) electrons. The second-order valence-electron chi connectivity index (χ2n) is 4.16. The summed E-state index contributed by atoms with van der Waals surface area (Å²) in [5.74, 6) is -2.02. The number of nitrogens with one attached hydrogen (secondary N) is 1. The molecule has 3 nitrogen and oxygen atoms in total. The van der Waals surface area contributed by atoms with Crippen LogP contribution in [-0.2, 0) is 10.0 Å². The number of benzene rings is 2. The Kier molecular flexibility index (Phi) is 3.96. The van der Waals surface area contributed by atoms with Gasteiger partial charge in [-0.15, -0.1) is 0 Å². The summed E-state index contributed by atoms with van der Waals surface area (Å²) in [4.78, 5) is -0.643. The highest BCUT2D eigenvalue weighted by Gasteiger charge is 2.20. The first kappa shape index (κ1) is 14.7. The Morgan fingerprint density at radius 1 is 1.10 bits per heavy atom. The lowest BCUT2D eigenvalue weighted by atomic mass is 10.2. The van der Waals surface area contributed by atoms with E-state index in [9.17, 15) is 17.2 Å². The van der Waals surface area contributed by atoms with Crippen molar-refractivity contribution in [1.29, 1.82) is 0 Å². The van der Waals surface area contributed by atoms with E-state index in [1.807, 2.05) is 0 Å². The minimum absolute atomic E-state index is 0.126. The Balaban J connectivity index is 2.41. The van der Waals surface area contributed by atoms with E-state index in [2.05, 4.69) is 4.72 Å². The number of halogens is 3. The van der Waals surface area contributed by atoms with Gasteiger partial charge in [-0.05, 0) is 36.8 Å². The Labute approximate surface area is 120 Å². The van der Waals surface area contributed by atoms with Gasteiger partial charge in [0.05, 0.1) is 10.7 Å². The topological polar surface area (TPSA) is 46.2 Å². The molecule has 7 heteroatoms. The first-order valence-corrected chi connectivity index (χ1v) is 7.40. The maximum Gasteiger partial charge on any atom is 0.264 e. The normalized spacial score (nSPS) is 11.4. The fourth-order valence-electron chi connectivity index (χ4n) is 1.60. The standard InChI is InChI=1S/C13H10ClF2NO2S/c1-8-2-4-12(10(14)6-8)17-20(18,19)13-5-3-9(15)7-11(13)16/h2-7,17H,1H3. The molecule has 0 amide bonds. The van der Waals surface area contributed by atoms with Crippen LogP contribution in [0.25, 0.3) is 0 Å². The van der Waals surface area contributed by atoms with Gasteiger partial charge in [0, 0.05) is 6.07 Å². The highest BCUT2D eigenvalue weighted by Crippen LogP contribution is 2.26. The van der Waals surface area contributed by atoms with E-state index in [-0.39, 0.29) is 10.7 Å². The fraction of sp³-hybridized carbons (Fsp3) is 0.0769. The van der Waals surface area contributed by atoms with E-state index < -0.39 is 26.6 Å². The van der Waals surface area contributed by atoms with Crippen LogP contribution in [0.4, 0.5) is 14.5 Å². The molecule has 0 atom stereocenters. The third-order valence-electron chi connectivity index (χ3n) is 2.55. The monoisotopic (exact) mass is 317 g/mol. The maximum absolute atomic E-state index is 13.5. The second kappa shape index (κ2) is 5.38. The molecule has 0 fully saturated rings. The molecule has 106 valence electrons. The highest BCUT2D eigenvalue weighted by atomic mass is 35.5. The van der Waals surface area contributed by atoms with Crippen molar-refractivity contribution in [3.8, 4) is 0 Å². The van der Waals surface area contributed by atoms with Gasteiger partial charge in [-0.3, -0.25) is 4.72 Å². The molecule has 0 bridgehead atoms. The van der Waals surface area contributed by atoms with Gasteiger partial charge in [0.15, 0.2) is 0 Å². The van der Waals surface area contributed by atoms with E-state index in [1.165, 1.54) is 6.07 Å². The molecule has 2 rings (SSSR count). The van der Waals surface area contributed by atoms with Crippen molar-refractivity contribution in [2.24, 2.45) is 0 Å². The molecule has 0 aliphatic heterocycles. The second-order valence-corrected chi connectivity index (χ2v) is 6.22. The summed E-state index contributed by atoms with van der Waals surface area (Å²) in [6, 6.07) is 6.93. The molecule has 1 N–H and O–H groups in total. The number of anilines is 1. The summed E-state index contributed by atoms with van der Waals surface area (Å²) in [5, 5.41) is 0.191. The Hall–Kier alpha value is -1.66. The van der Waals surface area contributed by atoms with Crippen LogP contribution >= 0.6 is 11.6 Å². The summed E-state index contributed by atoms with van der Waals surface area (Å²) in [6.45, 7) is 1.80. The number of hydrogen-bond acceptors (Lipinski definition) is 2. The molecule has 0 aromatic heterocycles. The third-order valence-corrected chi connectivity index (χ3v) is 4.26. The number of aryl methyl sites for hydroxylation is 1. The smallest absolute Gasteiger partial charge is 0.264 e. The van der Waals surface area contributed by atoms with Crippen molar-refractivity contribution < 1.29 is 17.2 Å². The van der Waals surface area contributed by atoms with E-state index >= 15 is 0 Å². The zero-order valence-corrected chi connectivity index (χ0v) is 11.9. The van der Waals surface area contributed by atoms with Crippen molar-refractivity contribution in [2.45, 2.75) is 11.8 Å². The number of hydrogen-bond donors (Lipinski definition) is 1. The van der Waals surface area contributed by atoms with Crippen molar-refractivity contribution in [3.05, 3.63) is 58.6 Å². The molecule has 0 spiro atoms. The van der Waals surface area contributed by atoms with Crippen molar-refractivity contribution in [1.82, 2.24) is 0 Å². The van der Waals surface area contributed by atoms with Crippen LogP contribution in [0.2, 0.25) is 5.02 Å². The van der Waals surface area contributed by atoms with Gasteiger partial charge in [-0.2, -0.15) is 0 Å². The molecule has 0 saturated carbocycles. The van der Waals surface area contributed by atoms with Gasteiger partial charge in [0.25, 0.3) is 10.0 Å². The number of sulfonamides is 1. The summed E-state index contributed by atoms with van der Waals surface area (Å²) >= 11 is 5.91. The Morgan fingerprint density at radius 2 is 1.80 bits per heavy atom. The van der Waals surface area contributed by atoms with Crippen molar-refractivity contribution in [2.75, 3.05) is 4.72 Å². The number of rotatable bonds is 3. The van der Waals surface area contributed by atoms with E-state index in [4.69, 9.17) is 11.6 Å². The molecular weight excluding hydrogens is 308 g/mol. The third kappa shape index (κ3) is 3.08. The lowest BCUT2D eigenvalue weighted by molar-refractivity contribution is 0.551. The first-order valence-electron chi connectivity index (χ1n) is 5.53. The molecule has 0 aliphatic carbocycles. The van der Waals surface area contributed by atoms with E-state index in [1.54, 1.807) is 19.1 Å². The molecule has 2 aromatic carbocycles. The van der Waals surface area contributed by atoms with Gasteiger partial charge in [-0.25, -0.2) is 17.2 Å². The predicted molar refractivity (Wildman–Crippen MR) is 73.4 cm³/mol. The van der Waals surface area contributed by atoms with E-state index in [0.29, 0.717) is 6.07 Å². The van der Waals surface area contributed by atoms with Gasteiger partial charge in [0.1, 0.15) is 16.5 Å². The lowest BCUT2D eigenvalue weighted by Crippen LogP contribution is -2.15. The molecule has 20 heavy (non-hydrogen) atoms. The maximum atomic E-state index is 13.5. The average Bonchev–Trinajstić information content (AvgIpc) is 2.32. The molecule has 0 aliphatic rings. The lowest BCUT2D eigenvalue weighted by Gasteiger charge is -2.10. The molecular formula is C13H10ClF2NO2S. The van der Waals surface area contributed by atoms with Crippen LogP contribution < -0.4 is 4.72 Å². The van der Waals surface area contributed by atoms with Crippen LogP contribution in [0, 0.1) is 18.6 Å². The van der Waals surface area contributed by atoms with Crippen LogP contribution in [-0.4, -0.2) is 8.42 Å². The molecule has 0 unspecified atom stereocenters. The van der Waals surface area contributed by atoms with Gasteiger partial charge in [-0.1, -0.05) is 17.7 Å². The van der Waals surface area contributed by atoms with E-state index in [0.717, 1.165) is 17.7 Å². The summed E-state index contributed by atoms with van der Waals surface area (Å²) in [7, 11) is -4.17. The van der Waals surface area contributed by atoms with Crippen LogP contribution in [0.1, 0.15) is 5.56 Å². The minimum Gasteiger partial charge on any atom is -0.278 e. The summed E-state index contributed by atoms with van der Waals surface area (Å²) in [5.41, 5.74) is 0.979. The quantitative estimate of drug-likeness (QED) is 0.937. The SMILES string of the molecule is Cc1ccc(NS(=O)(=O)c2ccc(F)cc2F)c(Cl)c1. The molecule has 2 aromatic rings. The predicted octanol–water partition coefficient (Wildman–Crippen LogP) is 3.73. The zero-order valence-electron chi connectivity index (χ0n) is 10.3.